The normalized spacial score (nSPS) is 12.9. The molecule has 0 unspecified atom stereocenters. The van der Waals surface area contributed by atoms with Crippen LogP contribution < -0.4 is 5.46 Å². The second-order valence-electron chi connectivity index (χ2n) is 5.60. The summed E-state index contributed by atoms with van der Waals surface area (Å²) in [7, 11) is 1.62. The van der Waals surface area contributed by atoms with Crippen LogP contribution in [0, 0.1) is 0 Å². The number of aliphatic hydroxyl groups is 1. The molecule has 2 aromatic rings. The van der Waals surface area contributed by atoms with E-state index in [0.717, 1.165) is 16.5 Å². The van der Waals surface area contributed by atoms with E-state index < -0.39 is 11.2 Å². The number of hydrogen-bond acceptors (Lipinski definition) is 3. The molecule has 0 fully saturated rings. The minimum atomic E-state index is -0.953. The van der Waals surface area contributed by atoms with Crippen molar-refractivity contribution in [2.75, 3.05) is 0 Å². The van der Waals surface area contributed by atoms with Crippen molar-refractivity contribution >= 4 is 35.6 Å². The highest BCUT2D eigenvalue weighted by Gasteiger charge is 2.35. The minimum absolute atomic E-state index is 0.573. The monoisotopic (exact) mass is 279 g/mol. The van der Waals surface area contributed by atoms with Crippen LogP contribution in [-0.2, 0) is 4.65 Å². The molecule has 0 saturated carbocycles. The van der Waals surface area contributed by atoms with Crippen molar-refractivity contribution in [3.63, 3.8) is 0 Å². The first-order valence-electron chi connectivity index (χ1n) is 6.07. The number of halogens is 1. The third-order valence-corrected chi connectivity index (χ3v) is 3.69. The fourth-order valence-electron chi connectivity index (χ4n) is 1.45. The number of aromatic nitrogens is 2. The van der Waals surface area contributed by atoms with Gasteiger partial charge in [-0.25, -0.2) is 4.98 Å². The van der Waals surface area contributed by atoms with Gasteiger partial charge in [0.05, 0.1) is 16.2 Å². The van der Waals surface area contributed by atoms with E-state index in [4.69, 9.17) is 16.3 Å². The Morgan fingerprint density at radius 3 is 2.68 bits per heavy atom. The molecule has 2 rings (SSSR count). The summed E-state index contributed by atoms with van der Waals surface area (Å²) in [6.45, 7) is 7.11. The van der Waals surface area contributed by atoms with Gasteiger partial charge >= 0.3 is 7.48 Å². The van der Waals surface area contributed by atoms with Gasteiger partial charge in [0.25, 0.3) is 0 Å². The average Bonchev–Trinajstić information content (AvgIpc) is 2.67. The molecule has 4 nitrogen and oxygen atoms in total. The van der Waals surface area contributed by atoms with E-state index in [1.807, 2.05) is 19.9 Å². The van der Waals surface area contributed by atoms with Crippen molar-refractivity contribution in [2.24, 2.45) is 0 Å². The largest absolute Gasteiger partial charge is 0.427 e. The van der Waals surface area contributed by atoms with E-state index in [1.165, 1.54) is 0 Å². The molecule has 0 aromatic carbocycles. The van der Waals surface area contributed by atoms with Crippen LogP contribution in [0.15, 0.2) is 18.5 Å². The van der Waals surface area contributed by atoms with Crippen LogP contribution in [0.5, 0.6) is 0 Å². The van der Waals surface area contributed by atoms with Crippen molar-refractivity contribution in [1.29, 1.82) is 0 Å². The number of fused-ring (bicyclic) bond motifs is 1. The molecule has 6 heteroatoms. The maximum Gasteiger partial charge on any atom is 0.333 e. The molecular weight excluding hydrogens is 262 g/mol. The SMILES string of the molecule is CC(C)(O)C(C)(C)O[B]c1c[nH]c2ncc(Cl)cc12. The molecule has 2 N–H and O–H groups in total. The first-order chi connectivity index (χ1) is 8.71. The van der Waals surface area contributed by atoms with Gasteiger partial charge in [-0.05, 0) is 45.4 Å². The Hall–Kier alpha value is -1.04. The fraction of sp³-hybridized carbons (Fsp3) is 0.462. The molecule has 0 saturated heterocycles. The van der Waals surface area contributed by atoms with Crippen molar-refractivity contribution in [2.45, 2.75) is 38.9 Å². The first-order valence-corrected chi connectivity index (χ1v) is 6.44. The average molecular weight is 280 g/mol. The van der Waals surface area contributed by atoms with Gasteiger partial charge in [0.1, 0.15) is 5.65 Å². The quantitative estimate of drug-likeness (QED) is 0.842. The first kappa shape index (κ1) is 14.4. The van der Waals surface area contributed by atoms with Crippen LogP contribution in [-0.4, -0.2) is 33.8 Å². The molecule has 1 radical (unpaired) electrons. The molecule has 0 amide bonds. The molecular formula is C13H17BClN2O2. The molecule has 2 heterocycles. The topological polar surface area (TPSA) is 58.1 Å². The molecule has 0 bridgehead atoms. The lowest BCUT2D eigenvalue weighted by atomic mass is 9.83. The highest BCUT2D eigenvalue weighted by Crippen LogP contribution is 2.24. The van der Waals surface area contributed by atoms with Crippen LogP contribution in [0.3, 0.4) is 0 Å². The molecule has 0 aliphatic carbocycles. The number of nitrogens with zero attached hydrogens (tertiary/aromatic N) is 1. The van der Waals surface area contributed by atoms with Gasteiger partial charge in [-0.3, -0.25) is 0 Å². The van der Waals surface area contributed by atoms with Crippen LogP contribution in [0.4, 0.5) is 0 Å². The predicted molar refractivity (Wildman–Crippen MR) is 78.0 cm³/mol. The lowest BCUT2D eigenvalue weighted by Gasteiger charge is -2.37. The van der Waals surface area contributed by atoms with Gasteiger partial charge in [0.2, 0.25) is 0 Å². The molecule has 0 aliphatic heterocycles. The van der Waals surface area contributed by atoms with E-state index in [1.54, 1.807) is 33.7 Å². The summed E-state index contributed by atoms with van der Waals surface area (Å²) in [4.78, 5) is 7.23. The zero-order valence-electron chi connectivity index (χ0n) is 11.5. The summed E-state index contributed by atoms with van der Waals surface area (Å²) < 4.78 is 5.72. The molecule has 2 aromatic heterocycles. The van der Waals surface area contributed by atoms with Gasteiger partial charge in [0.15, 0.2) is 0 Å². The lowest BCUT2D eigenvalue weighted by molar-refractivity contribution is -0.0893. The Bertz CT molecular complexity index is 590. The van der Waals surface area contributed by atoms with Crippen LogP contribution in [0.25, 0.3) is 11.0 Å². The summed E-state index contributed by atoms with van der Waals surface area (Å²) in [5.74, 6) is 0. The summed E-state index contributed by atoms with van der Waals surface area (Å²) >= 11 is 5.94. The number of aromatic amines is 1. The van der Waals surface area contributed by atoms with Gasteiger partial charge in [-0.1, -0.05) is 11.6 Å². The molecule has 0 aliphatic rings. The standard InChI is InChI=1S/C13H17BClN2O2/c1-12(2,18)13(3,4)19-14-10-7-17-11-9(10)5-8(15)6-16-11/h5-7,18H,1-4H3,(H,16,17). The maximum absolute atomic E-state index is 10.0. The van der Waals surface area contributed by atoms with E-state index in [0.29, 0.717) is 5.02 Å². The summed E-state index contributed by atoms with van der Waals surface area (Å²) in [5, 5.41) is 11.5. The number of H-pyrrole nitrogens is 1. The van der Waals surface area contributed by atoms with E-state index in [2.05, 4.69) is 9.97 Å². The smallest absolute Gasteiger partial charge is 0.333 e. The number of pyridine rings is 1. The lowest BCUT2D eigenvalue weighted by Crippen LogP contribution is -2.49. The van der Waals surface area contributed by atoms with E-state index in [-0.39, 0.29) is 0 Å². The van der Waals surface area contributed by atoms with Crippen molar-refractivity contribution in [3.05, 3.63) is 23.5 Å². The zero-order chi connectivity index (χ0) is 14.3. The maximum atomic E-state index is 10.0. The van der Waals surface area contributed by atoms with Gasteiger partial charge in [0, 0.05) is 11.6 Å². The Morgan fingerprint density at radius 2 is 2.05 bits per heavy atom. The fourth-order valence-corrected chi connectivity index (χ4v) is 1.61. The van der Waals surface area contributed by atoms with E-state index >= 15 is 0 Å². The van der Waals surface area contributed by atoms with Crippen molar-refractivity contribution in [1.82, 2.24) is 9.97 Å². The van der Waals surface area contributed by atoms with Gasteiger partial charge < -0.3 is 14.7 Å². The summed E-state index contributed by atoms with van der Waals surface area (Å²) in [5.41, 5.74) is -0.0590. The van der Waals surface area contributed by atoms with Gasteiger partial charge in [-0.15, -0.1) is 0 Å². The minimum Gasteiger partial charge on any atom is -0.427 e. The van der Waals surface area contributed by atoms with E-state index in [9.17, 15) is 5.11 Å². The highest BCUT2D eigenvalue weighted by molar-refractivity contribution is 6.51. The van der Waals surface area contributed by atoms with Crippen molar-refractivity contribution in [3.8, 4) is 0 Å². The third kappa shape index (κ3) is 2.94. The second-order valence-corrected chi connectivity index (χ2v) is 6.04. The van der Waals surface area contributed by atoms with Crippen molar-refractivity contribution < 1.29 is 9.76 Å². The Labute approximate surface area is 118 Å². The Balaban J connectivity index is 2.21. The third-order valence-electron chi connectivity index (χ3n) is 3.48. The predicted octanol–water partition coefficient (Wildman–Crippen LogP) is 2.03. The Kier molecular flexibility index (Phi) is 3.64. The van der Waals surface area contributed by atoms with Gasteiger partial charge in [-0.2, -0.15) is 0 Å². The molecule has 0 atom stereocenters. The number of nitrogens with one attached hydrogen (secondary N) is 1. The van der Waals surface area contributed by atoms with Crippen LogP contribution in [0.1, 0.15) is 27.7 Å². The Morgan fingerprint density at radius 1 is 1.37 bits per heavy atom. The van der Waals surface area contributed by atoms with Crippen LogP contribution >= 0.6 is 11.6 Å². The van der Waals surface area contributed by atoms with Crippen LogP contribution in [0.2, 0.25) is 5.02 Å². The molecule has 101 valence electrons. The summed E-state index contributed by atoms with van der Waals surface area (Å²) in [6.07, 6.45) is 3.39. The zero-order valence-corrected chi connectivity index (χ0v) is 12.2. The highest BCUT2D eigenvalue weighted by atomic mass is 35.5. The second kappa shape index (κ2) is 4.82. The number of hydrogen-bond donors (Lipinski definition) is 2. The number of rotatable bonds is 4. The summed E-state index contributed by atoms with van der Waals surface area (Å²) in [6, 6.07) is 1.83. The molecule has 0 spiro atoms. The molecule has 19 heavy (non-hydrogen) atoms.